The first-order valence-electron chi connectivity index (χ1n) is 8.79. The van der Waals surface area contributed by atoms with Gasteiger partial charge < -0.3 is 5.32 Å². The number of fused-ring (bicyclic) bond motifs is 1. The van der Waals surface area contributed by atoms with E-state index in [1.165, 1.54) is 6.33 Å². The second kappa shape index (κ2) is 8.22. The van der Waals surface area contributed by atoms with E-state index in [0.29, 0.717) is 11.9 Å². The molecule has 0 aliphatic rings. The lowest BCUT2D eigenvalue weighted by molar-refractivity contribution is -0.143. The molecule has 9 heteroatoms. The molecule has 3 rings (SSSR count). The van der Waals surface area contributed by atoms with E-state index in [-0.39, 0.29) is 18.5 Å². The zero-order valence-electron chi connectivity index (χ0n) is 15.6. The summed E-state index contributed by atoms with van der Waals surface area (Å²) in [4.78, 5) is 8.31. The van der Waals surface area contributed by atoms with Crippen LogP contribution in [-0.4, -0.2) is 16.0 Å². The molecule has 0 amide bonds. The van der Waals surface area contributed by atoms with Crippen molar-refractivity contribution in [3.63, 3.8) is 0 Å². The molecule has 1 heterocycles. The third-order valence-corrected chi connectivity index (χ3v) is 4.21. The van der Waals surface area contributed by atoms with Crippen LogP contribution in [0.3, 0.4) is 0 Å². The second-order valence-corrected chi connectivity index (χ2v) is 6.55. The minimum atomic E-state index is -4.95. The molecule has 0 saturated carbocycles. The highest BCUT2D eigenvalue weighted by molar-refractivity contribution is 5.88. The molecule has 0 spiro atoms. The first kappa shape index (κ1) is 21.4. The lowest BCUT2D eigenvalue weighted by Crippen LogP contribution is -2.15. The van der Waals surface area contributed by atoms with Crippen LogP contribution in [0, 0.1) is 11.8 Å². The van der Waals surface area contributed by atoms with Crippen molar-refractivity contribution < 1.29 is 26.3 Å². The topological polar surface area (TPSA) is 37.8 Å². The van der Waals surface area contributed by atoms with E-state index in [1.807, 2.05) is 24.3 Å². The van der Waals surface area contributed by atoms with Gasteiger partial charge in [-0.2, -0.15) is 26.3 Å². The van der Waals surface area contributed by atoms with Gasteiger partial charge in [-0.15, -0.1) is 0 Å². The number of benzene rings is 2. The van der Waals surface area contributed by atoms with Crippen LogP contribution in [0.4, 0.5) is 32.2 Å². The fourth-order valence-corrected chi connectivity index (χ4v) is 2.77. The maximum absolute atomic E-state index is 13.2. The van der Waals surface area contributed by atoms with Gasteiger partial charge in [0, 0.05) is 23.4 Å². The summed E-state index contributed by atoms with van der Waals surface area (Å²) in [7, 11) is 0. The number of anilines is 1. The van der Waals surface area contributed by atoms with Crippen LogP contribution < -0.4 is 5.32 Å². The van der Waals surface area contributed by atoms with Crippen LogP contribution in [0.2, 0.25) is 0 Å². The molecule has 1 aromatic heterocycles. The molecule has 2 aromatic carbocycles. The van der Waals surface area contributed by atoms with Gasteiger partial charge in [0.1, 0.15) is 12.1 Å². The van der Waals surface area contributed by atoms with Crippen LogP contribution in [0.1, 0.15) is 30.0 Å². The minimum Gasteiger partial charge on any atom is -0.366 e. The van der Waals surface area contributed by atoms with Gasteiger partial charge in [0.25, 0.3) is 0 Å². The molecule has 1 N–H and O–H groups in total. The van der Waals surface area contributed by atoms with Gasteiger partial charge >= 0.3 is 12.4 Å². The number of aromatic nitrogens is 2. The first-order chi connectivity index (χ1) is 14.1. The van der Waals surface area contributed by atoms with Crippen molar-refractivity contribution in [1.29, 1.82) is 0 Å². The molecule has 3 nitrogen and oxygen atoms in total. The molecule has 1 unspecified atom stereocenters. The van der Waals surface area contributed by atoms with Crippen LogP contribution >= 0.6 is 0 Å². The van der Waals surface area contributed by atoms with Gasteiger partial charge in [-0.25, -0.2) is 9.97 Å². The largest absolute Gasteiger partial charge is 0.417 e. The van der Waals surface area contributed by atoms with Gasteiger partial charge in [-0.3, -0.25) is 0 Å². The molecule has 0 fully saturated rings. The van der Waals surface area contributed by atoms with Crippen molar-refractivity contribution in [2.75, 3.05) is 5.32 Å². The number of alkyl halides is 6. The summed E-state index contributed by atoms with van der Waals surface area (Å²) in [6, 6.07) is 8.44. The van der Waals surface area contributed by atoms with E-state index in [4.69, 9.17) is 0 Å². The molecular formula is C21H15F6N3. The average Bonchev–Trinajstić information content (AvgIpc) is 2.67. The zero-order valence-corrected chi connectivity index (χ0v) is 15.6. The van der Waals surface area contributed by atoms with E-state index in [2.05, 4.69) is 27.1 Å². The van der Waals surface area contributed by atoms with Crippen LogP contribution in [0.15, 0.2) is 48.8 Å². The normalized spacial score (nSPS) is 12.9. The van der Waals surface area contributed by atoms with E-state index in [0.717, 1.165) is 17.0 Å². The monoisotopic (exact) mass is 423 g/mol. The van der Waals surface area contributed by atoms with E-state index in [1.54, 1.807) is 6.92 Å². The van der Waals surface area contributed by atoms with Crippen LogP contribution in [-0.2, 0) is 12.4 Å². The highest BCUT2D eigenvalue weighted by Crippen LogP contribution is 2.37. The highest BCUT2D eigenvalue weighted by Gasteiger charge is 2.37. The number of halogens is 6. The van der Waals surface area contributed by atoms with Crippen molar-refractivity contribution in [2.45, 2.75) is 31.7 Å². The van der Waals surface area contributed by atoms with Gasteiger partial charge in [-0.1, -0.05) is 24.0 Å². The van der Waals surface area contributed by atoms with E-state index in [9.17, 15) is 26.3 Å². The molecule has 0 saturated heterocycles. The Hall–Kier alpha value is -3.28. The Labute approximate surface area is 168 Å². The molecule has 0 bridgehead atoms. The van der Waals surface area contributed by atoms with Gasteiger partial charge in [-0.05, 0) is 37.3 Å². The second-order valence-electron chi connectivity index (χ2n) is 6.55. The van der Waals surface area contributed by atoms with Crippen molar-refractivity contribution in [3.05, 3.63) is 65.5 Å². The predicted octanol–water partition coefficient (Wildman–Crippen LogP) is 5.91. The summed E-state index contributed by atoms with van der Waals surface area (Å²) in [5, 5.41) is 3.90. The summed E-state index contributed by atoms with van der Waals surface area (Å²) >= 11 is 0. The summed E-state index contributed by atoms with van der Waals surface area (Å²) in [5.41, 5.74) is -2.55. The third-order valence-electron chi connectivity index (χ3n) is 4.21. The van der Waals surface area contributed by atoms with Crippen LogP contribution in [0.25, 0.3) is 10.9 Å². The molecule has 0 aliphatic carbocycles. The highest BCUT2D eigenvalue weighted by atomic mass is 19.4. The smallest absolute Gasteiger partial charge is 0.366 e. The first-order valence-corrected chi connectivity index (χ1v) is 8.79. The minimum absolute atomic E-state index is 0.0821. The summed E-state index contributed by atoms with van der Waals surface area (Å²) in [6.45, 7) is 1.77. The molecule has 0 aliphatic heterocycles. The Bertz CT molecular complexity index is 1100. The summed E-state index contributed by atoms with van der Waals surface area (Å²) in [6.07, 6.45) is -8.28. The van der Waals surface area contributed by atoms with Gasteiger partial charge in [0.15, 0.2) is 0 Å². The van der Waals surface area contributed by atoms with Crippen molar-refractivity contribution in [1.82, 2.24) is 9.97 Å². The van der Waals surface area contributed by atoms with Crippen molar-refractivity contribution >= 4 is 16.7 Å². The Morgan fingerprint density at radius 3 is 2.40 bits per heavy atom. The van der Waals surface area contributed by atoms with Crippen molar-refractivity contribution in [3.8, 4) is 11.8 Å². The fraction of sp³-hybridized carbons (Fsp3) is 0.238. The number of rotatable bonds is 3. The summed E-state index contributed by atoms with van der Waals surface area (Å²) < 4.78 is 77.8. The lowest BCUT2D eigenvalue weighted by Gasteiger charge is -2.14. The molecule has 30 heavy (non-hydrogen) atoms. The Morgan fingerprint density at radius 1 is 0.967 bits per heavy atom. The van der Waals surface area contributed by atoms with Gasteiger partial charge in [0.05, 0.1) is 16.6 Å². The number of hydrogen-bond acceptors (Lipinski definition) is 3. The zero-order chi connectivity index (χ0) is 21.9. The fourth-order valence-electron chi connectivity index (χ4n) is 2.77. The van der Waals surface area contributed by atoms with Gasteiger partial charge in [0.2, 0.25) is 0 Å². The molecular weight excluding hydrogens is 408 g/mol. The van der Waals surface area contributed by atoms with E-state index >= 15 is 0 Å². The maximum atomic E-state index is 13.2. The summed E-state index contributed by atoms with van der Waals surface area (Å²) in [5.74, 6) is 5.50. The number of nitrogens with zero attached hydrogens (tertiary/aromatic N) is 2. The molecule has 1 atom stereocenters. The maximum Gasteiger partial charge on any atom is 0.417 e. The number of hydrogen-bond donors (Lipinski definition) is 1. The molecule has 156 valence electrons. The Morgan fingerprint density at radius 2 is 1.70 bits per heavy atom. The predicted molar refractivity (Wildman–Crippen MR) is 101 cm³/mol. The Balaban J connectivity index is 1.79. The number of nitrogens with one attached hydrogen (secondary N) is 1. The standard InChI is InChI=1S/C21H15F6N3/c1-13(30-19-16-7-2-3-8-18(16)28-12-29-19)5-4-6-14-9-10-15(20(22,23)24)11-17(14)21(25,26)27/h2-3,7-13H,5H2,1H3,(H,28,29,30). The van der Waals surface area contributed by atoms with E-state index < -0.39 is 29.0 Å². The number of para-hydroxylation sites is 1. The van der Waals surface area contributed by atoms with Crippen molar-refractivity contribution in [2.24, 2.45) is 0 Å². The average molecular weight is 423 g/mol. The quantitative estimate of drug-likeness (QED) is 0.421. The third kappa shape index (κ3) is 5.00. The molecule has 0 radical (unpaired) electrons. The SMILES string of the molecule is CC(CC#Cc1ccc(C(F)(F)F)cc1C(F)(F)F)Nc1ncnc2ccccc12. The molecule has 3 aromatic rings. The lowest BCUT2D eigenvalue weighted by atomic mass is 10.0. The van der Waals surface area contributed by atoms with Crippen LogP contribution in [0.5, 0.6) is 0 Å². The Kier molecular flexibility index (Phi) is 5.87.